The minimum Gasteiger partial charge on any atom is -0.370 e. The van der Waals surface area contributed by atoms with Crippen molar-refractivity contribution in [2.45, 2.75) is 20.4 Å². The van der Waals surface area contributed by atoms with Gasteiger partial charge in [-0.1, -0.05) is 24.3 Å². The molecule has 3 aromatic rings. The molecule has 0 spiro atoms. The molecular formula is C17H19N5. The molecule has 0 amide bonds. The SMILES string of the molecule is Cc1cccc(NC(N)=NCc2nc3c(C)cccc3[nH]2)c1. The zero-order valence-corrected chi connectivity index (χ0v) is 12.7. The number of hydrogen-bond donors (Lipinski definition) is 3. The van der Waals surface area contributed by atoms with Gasteiger partial charge in [0, 0.05) is 5.69 Å². The maximum Gasteiger partial charge on any atom is 0.193 e. The third kappa shape index (κ3) is 3.09. The maximum absolute atomic E-state index is 5.92. The first-order valence-corrected chi connectivity index (χ1v) is 7.19. The number of aromatic amines is 1. The lowest BCUT2D eigenvalue weighted by Gasteiger charge is -2.05. The minimum absolute atomic E-state index is 0.378. The number of para-hydroxylation sites is 1. The molecule has 1 heterocycles. The van der Waals surface area contributed by atoms with Gasteiger partial charge in [0.2, 0.25) is 0 Å². The van der Waals surface area contributed by atoms with E-state index in [2.05, 4.69) is 20.3 Å². The van der Waals surface area contributed by atoms with Crippen LogP contribution in [-0.2, 0) is 6.54 Å². The number of aromatic nitrogens is 2. The normalized spacial score (nSPS) is 11.8. The average Bonchev–Trinajstić information content (AvgIpc) is 2.90. The summed E-state index contributed by atoms with van der Waals surface area (Å²) in [6.45, 7) is 4.50. The van der Waals surface area contributed by atoms with Crippen LogP contribution >= 0.6 is 0 Å². The van der Waals surface area contributed by atoms with Gasteiger partial charge in [-0.3, -0.25) is 0 Å². The number of rotatable bonds is 3. The van der Waals surface area contributed by atoms with Gasteiger partial charge in [0.25, 0.3) is 0 Å². The summed E-state index contributed by atoms with van der Waals surface area (Å²) in [5.74, 6) is 1.18. The molecule has 0 atom stereocenters. The lowest BCUT2D eigenvalue weighted by atomic mass is 10.2. The van der Waals surface area contributed by atoms with Crippen LogP contribution in [0.1, 0.15) is 17.0 Å². The molecule has 1 aromatic heterocycles. The van der Waals surface area contributed by atoms with Crippen molar-refractivity contribution in [3.05, 3.63) is 59.4 Å². The van der Waals surface area contributed by atoms with E-state index in [9.17, 15) is 0 Å². The molecule has 5 heteroatoms. The number of anilines is 1. The summed E-state index contributed by atoms with van der Waals surface area (Å²) in [5, 5.41) is 3.08. The second-order valence-corrected chi connectivity index (χ2v) is 5.35. The summed E-state index contributed by atoms with van der Waals surface area (Å²) in [6, 6.07) is 14.1. The lowest BCUT2D eigenvalue weighted by Crippen LogP contribution is -2.22. The molecule has 0 aliphatic rings. The number of imidazole rings is 1. The topological polar surface area (TPSA) is 79.1 Å². The Morgan fingerprint density at radius 3 is 2.82 bits per heavy atom. The van der Waals surface area contributed by atoms with Crippen molar-refractivity contribution >= 4 is 22.7 Å². The van der Waals surface area contributed by atoms with Crippen LogP contribution < -0.4 is 11.1 Å². The van der Waals surface area contributed by atoms with E-state index in [1.165, 1.54) is 5.56 Å². The molecule has 112 valence electrons. The Morgan fingerprint density at radius 2 is 2.05 bits per heavy atom. The van der Waals surface area contributed by atoms with Crippen molar-refractivity contribution in [1.82, 2.24) is 9.97 Å². The minimum atomic E-state index is 0.378. The van der Waals surface area contributed by atoms with Crippen LogP contribution in [0.25, 0.3) is 11.0 Å². The zero-order valence-electron chi connectivity index (χ0n) is 12.7. The first-order valence-electron chi connectivity index (χ1n) is 7.19. The number of nitrogens with zero attached hydrogens (tertiary/aromatic N) is 2. The summed E-state index contributed by atoms with van der Waals surface area (Å²) in [7, 11) is 0. The number of nitrogens with two attached hydrogens (primary N) is 1. The molecule has 5 nitrogen and oxygen atoms in total. The Morgan fingerprint density at radius 1 is 1.23 bits per heavy atom. The van der Waals surface area contributed by atoms with Gasteiger partial charge in [0.05, 0.1) is 11.0 Å². The highest BCUT2D eigenvalue weighted by atomic mass is 15.1. The molecule has 0 unspecified atom stereocenters. The maximum atomic E-state index is 5.92. The fourth-order valence-corrected chi connectivity index (χ4v) is 2.37. The van der Waals surface area contributed by atoms with E-state index in [0.717, 1.165) is 28.1 Å². The first-order chi connectivity index (χ1) is 10.6. The fourth-order valence-electron chi connectivity index (χ4n) is 2.37. The molecule has 3 rings (SSSR count). The zero-order chi connectivity index (χ0) is 15.5. The number of guanidine groups is 1. The molecule has 0 bridgehead atoms. The van der Waals surface area contributed by atoms with Crippen LogP contribution in [0.5, 0.6) is 0 Å². The number of benzene rings is 2. The van der Waals surface area contributed by atoms with Crippen LogP contribution in [-0.4, -0.2) is 15.9 Å². The highest BCUT2D eigenvalue weighted by Gasteiger charge is 2.04. The quantitative estimate of drug-likeness (QED) is 0.513. The fraction of sp³-hybridized carbons (Fsp3) is 0.176. The Bertz CT molecular complexity index is 832. The number of hydrogen-bond acceptors (Lipinski definition) is 2. The van der Waals surface area contributed by atoms with Gasteiger partial charge >= 0.3 is 0 Å². The van der Waals surface area contributed by atoms with E-state index in [0.29, 0.717) is 12.5 Å². The molecule has 0 fully saturated rings. The number of H-pyrrole nitrogens is 1. The number of nitrogens with one attached hydrogen (secondary N) is 2. The van der Waals surface area contributed by atoms with E-state index in [-0.39, 0.29) is 0 Å². The first kappa shape index (κ1) is 14.1. The summed E-state index contributed by atoms with van der Waals surface area (Å²) in [4.78, 5) is 12.2. The van der Waals surface area contributed by atoms with Gasteiger partial charge in [-0.15, -0.1) is 0 Å². The Labute approximate surface area is 129 Å². The number of aliphatic imine (C=N–C) groups is 1. The highest BCUT2D eigenvalue weighted by molar-refractivity contribution is 5.92. The van der Waals surface area contributed by atoms with Crippen LogP contribution in [0.2, 0.25) is 0 Å². The second-order valence-electron chi connectivity index (χ2n) is 5.35. The summed E-state index contributed by atoms with van der Waals surface area (Å²) >= 11 is 0. The Hall–Kier alpha value is -2.82. The van der Waals surface area contributed by atoms with Crippen molar-refractivity contribution in [3.8, 4) is 0 Å². The molecule has 0 aliphatic heterocycles. The largest absolute Gasteiger partial charge is 0.370 e. The Kier molecular flexibility index (Phi) is 3.78. The van der Waals surface area contributed by atoms with Gasteiger partial charge < -0.3 is 16.0 Å². The molecule has 0 radical (unpaired) electrons. The van der Waals surface area contributed by atoms with E-state index in [4.69, 9.17) is 5.73 Å². The van der Waals surface area contributed by atoms with Crippen LogP contribution in [0.4, 0.5) is 5.69 Å². The number of fused-ring (bicyclic) bond motifs is 1. The Balaban J connectivity index is 1.73. The molecule has 2 aromatic carbocycles. The molecule has 0 saturated heterocycles. The van der Waals surface area contributed by atoms with Gasteiger partial charge in [-0.05, 0) is 43.2 Å². The van der Waals surface area contributed by atoms with Crippen molar-refractivity contribution in [2.24, 2.45) is 10.7 Å². The summed E-state index contributed by atoms with van der Waals surface area (Å²) in [6.07, 6.45) is 0. The van der Waals surface area contributed by atoms with Crippen molar-refractivity contribution < 1.29 is 0 Å². The second kappa shape index (κ2) is 5.89. The third-order valence-electron chi connectivity index (χ3n) is 3.45. The van der Waals surface area contributed by atoms with Crippen LogP contribution in [0, 0.1) is 13.8 Å². The molecule has 22 heavy (non-hydrogen) atoms. The predicted molar refractivity (Wildman–Crippen MR) is 91.0 cm³/mol. The van der Waals surface area contributed by atoms with E-state index in [1.54, 1.807) is 0 Å². The third-order valence-corrected chi connectivity index (χ3v) is 3.45. The van der Waals surface area contributed by atoms with Crippen molar-refractivity contribution in [1.29, 1.82) is 0 Å². The highest BCUT2D eigenvalue weighted by Crippen LogP contribution is 2.15. The number of aryl methyl sites for hydroxylation is 2. The van der Waals surface area contributed by atoms with Crippen molar-refractivity contribution in [2.75, 3.05) is 5.32 Å². The summed E-state index contributed by atoms with van der Waals surface area (Å²) < 4.78 is 0. The van der Waals surface area contributed by atoms with Crippen LogP contribution in [0.3, 0.4) is 0 Å². The molecule has 0 aliphatic carbocycles. The average molecular weight is 293 g/mol. The van der Waals surface area contributed by atoms with Gasteiger partial charge in [0.1, 0.15) is 12.4 Å². The lowest BCUT2D eigenvalue weighted by molar-refractivity contribution is 0.954. The van der Waals surface area contributed by atoms with Crippen molar-refractivity contribution in [3.63, 3.8) is 0 Å². The molecule has 0 saturated carbocycles. The van der Waals surface area contributed by atoms with E-state index in [1.807, 2.05) is 56.3 Å². The molecule has 4 N–H and O–H groups in total. The standard InChI is InChI=1S/C17H19N5/c1-11-5-3-7-13(9-11)20-17(18)19-10-15-21-14-8-4-6-12(2)16(14)22-15/h3-9H,10H2,1-2H3,(H,21,22)(H3,18,19,20). The van der Waals surface area contributed by atoms with Crippen LogP contribution in [0.15, 0.2) is 47.5 Å². The monoisotopic (exact) mass is 293 g/mol. The smallest absolute Gasteiger partial charge is 0.193 e. The predicted octanol–water partition coefficient (Wildman–Crippen LogP) is 3.11. The van der Waals surface area contributed by atoms with E-state index < -0.39 is 0 Å². The van der Waals surface area contributed by atoms with Gasteiger partial charge in [0.15, 0.2) is 5.96 Å². The van der Waals surface area contributed by atoms with Gasteiger partial charge in [-0.25, -0.2) is 9.98 Å². The van der Waals surface area contributed by atoms with Gasteiger partial charge in [-0.2, -0.15) is 0 Å². The summed E-state index contributed by atoms with van der Waals surface area (Å²) in [5.41, 5.74) is 11.2. The van der Waals surface area contributed by atoms with E-state index >= 15 is 0 Å². The molecular weight excluding hydrogens is 274 g/mol.